The third kappa shape index (κ3) is 3.63. The molecular weight excluding hydrogens is 396 g/mol. The van der Waals surface area contributed by atoms with E-state index in [1.807, 2.05) is 19.1 Å². The summed E-state index contributed by atoms with van der Waals surface area (Å²) in [6.07, 6.45) is 4.48. The fourth-order valence-corrected chi connectivity index (χ4v) is 4.31. The van der Waals surface area contributed by atoms with E-state index in [9.17, 15) is 24.3 Å². The van der Waals surface area contributed by atoms with Crippen molar-refractivity contribution in [2.45, 2.75) is 20.3 Å². The van der Waals surface area contributed by atoms with Gasteiger partial charge in [-0.2, -0.15) is 0 Å². The highest BCUT2D eigenvalue weighted by Gasteiger charge is 2.50. The molecule has 1 fully saturated rings. The average molecular weight is 418 g/mol. The zero-order valence-corrected chi connectivity index (χ0v) is 17.2. The number of allylic oxidation sites excluding steroid dienone is 2. The van der Waals surface area contributed by atoms with Crippen molar-refractivity contribution < 1.29 is 24.3 Å². The molecule has 0 radical (unpaired) electrons. The van der Waals surface area contributed by atoms with Gasteiger partial charge in [0, 0.05) is 5.56 Å². The maximum atomic E-state index is 12.9. The molecule has 1 saturated heterocycles. The molecule has 4 rings (SSSR count). The van der Waals surface area contributed by atoms with Gasteiger partial charge >= 0.3 is 5.97 Å². The van der Waals surface area contributed by atoms with Crippen molar-refractivity contribution in [3.63, 3.8) is 0 Å². The zero-order valence-electron chi connectivity index (χ0n) is 17.2. The van der Waals surface area contributed by atoms with Crippen LogP contribution in [0.5, 0.6) is 0 Å². The van der Waals surface area contributed by atoms with Crippen LogP contribution in [-0.4, -0.2) is 28.8 Å². The zero-order chi connectivity index (χ0) is 22.3. The number of aromatic carboxylic acids is 1. The quantitative estimate of drug-likeness (QED) is 0.583. The SMILES string of the molecule is Cc1ccc(C(=O)O)c(NC(=O)c2ccc(N3C(=O)[C@H]4[C@@H](C)C=CC[C@H]4C3=O)cc2)c1. The van der Waals surface area contributed by atoms with E-state index in [0.717, 1.165) is 5.56 Å². The largest absolute Gasteiger partial charge is 0.478 e. The average Bonchev–Trinajstić information content (AvgIpc) is 2.99. The number of amides is 3. The summed E-state index contributed by atoms with van der Waals surface area (Å²) in [5.74, 6) is -2.73. The van der Waals surface area contributed by atoms with Crippen LogP contribution < -0.4 is 10.2 Å². The van der Waals surface area contributed by atoms with Gasteiger partial charge in [0.1, 0.15) is 0 Å². The summed E-state index contributed by atoms with van der Waals surface area (Å²) in [6.45, 7) is 3.74. The van der Waals surface area contributed by atoms with Crippen molar-refractivity contribution in [3.8, 4) is 0 Å². The second-order valence-corrected chi connectivity index (χ2v) is 8.02. The molecule has 1 aliphatic heterocycles. The molecule has 3 amide bonds. The number of anilines is 2. The molecule has 3 atom stereocenters. The van der Waals surface area contributed by atoms with Crippen LogP contribution in [0.1, 0.15) is 39.6 Å². The normalized spacial score (nSPS) is 22.4. The molecule has 0 saturated carbocycles. The van der Waals surface area contributed by atoms with Crippen LogP contribution in [0.2, 0.25) is 0 Å². The third-order valence-corrected chi connectivity index (χ3v) is 5.91. The number of imide groups is 1. The topological polar surface area (TPSA) is 104 Å². The molecule has 2 aliphatic rings. The molecule has 7 heteroatoms. The lowest BCUT2D eigenvalue weighted by molar-refractivity contribution is -0.122. The third-order valence-electron chi connectivity index (χ3n) is 5.91. The minimum absolute atomic E-state index is 0.00279. The second kappa shape index (κ2) is 7.83. The summed E-state index contributed by atoms with van der Waals surface area (Å²) in [7, 11) is 0. The Morgan fingerprint density at radius 3 is 2.42 bits per heavy atom. The first-order valence-electron chi connectivity index (χ1n) is 10.1. The number of nitrogens with one attached hydrogen (secondary N) is 1. The molecule has 158 valence electrons. The molecule has 0 bridgehead atoms. The Labute approximate surface area is 179 Å². The van der Waals surface area contributed by atoms with Crippen LogP contribution >= 0.6 is 0 Å². The van der Waals surface area contributed by atoms with Crippen LogP contribution in [0.3, 0.4) is 0 Å². The fourth-order valence-electron chi connectivity index (χ4n) is 4.31. The van der Waals surface area contributed by atoms with Crippen LogP contribution in [0.4, 0.5) is 11.4 Å². The highest BCUT2D eigenvalue weighted by Crippen LogP contribution is 2.40. The number of nitrogens with zero attached hydrogens (tertiary/aromatic N) is 1. The van der Waals surface area contributed by atoms with Gasteiger partial charge in [-0.15, -0.1) is 0 Å². The molecular formula is C24H22N2O5. The Bertz CT molecular complexity index is 1120. The summed E-state index contributed by atoms with van der Waals surface area (Å²) in [6, 6.07) is 10.9. The number of benzene rings is 2. The summed E-state index contributed by atoms with van der Waals surface area (Å²) >= 11 is 0. The van der Waals surface area contributed by atoms with Crippen molar-refractivity contribution in [2.24, 2.45) is 17.8 Å². The lowest BCUT2D eigenvalue weighted by atomic mass is 9.78. The van der Waals surface area contributed by atoms with Gasteiger partial charge in [0.05, 0.1) is 28.8 Å². The second-order valence-electron chi connectivity index (χ2n) is 8.02. The van der Waals surface area contributed by atoms with E-state index >= 15 is 0 Å². The van der Waals surface area contributed by atoms with E-state index < -0.39 is 11.9 Å². The standard InChI is InChI=1S/C24H22N2O5/c1-13-6-11-17(24(30)31)19(12-13)25-21(27)15-7-9-16(10-8-15)26-22(28)18-5-3-4-14(2)20(18)23(26)29/h3-4,6-12,14,18,20H,5H2,1-2H3,(H,25,27)(H,30,31)/t14-,18+,20-/m0/s1. The highest BCUT2D eigenvalue weighted by atomic mass is 16.4. The number of hydrogen-bond acceptors (Lipinski definition) is 4. The molecule has 1 heterocycles. The minimum Gasteiger partial charge on any atom is -0.478 e. The van der Waals surface area contributed by atoms with Crippen molar-refractivity contribution in [2.75, 3.05) is 10.2 Å². The number of rotatable bonds is 4. The van der Waals surface area contributed by atoms with Crippen LogP contribution in [0.15, 0.2) is 54.6 Å². The molecule has 0 unspecified atom stereocenters. The summed E-state index contributed by atoms with van der Waals surface area (Å²) < 4.78 is 0. The van der Waals surface area contributed by atoms with Crippen molar-refractivity contribution in [1.29, 1.82) is 0 Å². The van der Waals surface area contributed by atoms with E-state index in [-0.39, 0.29) is 46.4 Å². The van der Waals surface area contributed by atoms with E-state index in [4.69, 9.17) is 0 Å². The van der Waals surface area contributed by atoms with Gasteiger partial charge in [-0.25, -0.2) is 4.79 Å². The minimum atomic E-state index is -1.14. The summed E-state index contributed by atoms with van der Waals surface area (Å²) in [4.78, 5) is 51.0. The van der Waals surface area contributed by atoms with Crippen molar-refractivity contribution >= 4 is 35.1 Å². The Morgan fingerprint density at radius 2 is 1.77 bits per heavy atom. The Kier molecular flexibility index (Phi) is 5.19. The smallest absolute Gasteiger partial charge is 0.337 e. The number of aryl methyl sites for hydroxylation is 1. The predicted molar refractivity (Wildman–Crippen MR) is 115 cm³/mol. The monoisotopic (exact) mass is 418 g/mol. The first-order valence-corrected chi connectivity index (χ1v) is 10.1. The van der Waals surface area contributed by atoms with Gasteiger partial charge in [-0.1, -0.05) is 25.1 Å². The van der Waals surface area contributed by atoms with E-state index in [2.05, 4.69) is 5.32 Å². The van der Waals surface area contributed by atoms with Gasteiger partial charge < -0.3 is 10.4 Å². The number of carbonyl (C=O) groups is 4. The predicted octanol–water partition coefficient (Wildman–Crippen LogP) is 3.65. The number of carboxylic acid groups (broad SMARTS) is 1. The van der Waals surface area contributed by atoms with Crippen LogP contribution in [-0.2, 0) is 9.59 Å². The lowest BCUT2D eigenvalue weighted by Crippen LogP contribution is -2.31. The number of carbonyl (C=O) groups excluding carboxylic acids is 3. The first-order chi connectivity index (χ1) is 14.8. The Balaban J connectivity index is 1.55. The molecule has 2 aromatic carbocycles. The fraction of sp³-hybridized carbons (Fsp3) is 0.250. The summed E-state index contributed by atoms with van der Waals surface area (Å²) in [5, 5.41) is 12.0. The van der Waals surface area contributed by atoms with Gasteiger partial charge in [0.15, 0.2) is 0 Å². The van der Waals surface area contributed by atoms with Gasteiger partial charge in [0.2, 0.25) is 11.8 Å². The number of carboxylic acids is 1. The molecule has 1 aliphatic carbocycles. The van der Waals surface area contributed by atoms with Crippen LogP contribution in [0, 0.1) is 24.7 Å². The Morgan fingerprint density at radius 1 is 1.06 bits per heavy atom. The van der Waals surface area contributed by atoms with Crippen molar-refractivity contribution in [1.82, 2.24) is 0 Å². The Hall–Kier alpha value is -3.74. The number of fused-ring (bicyclic) bond motifs is 1. The van der Waals surface area contributed by atoms with Crippen molar-refractivity contribution in [3.05, 3.63) is 71.3 Å². The highest BCUT2D eigenvalue weighted by molar-refractivity contribution is 6.22. The molecule has 7 nitrogen and oxygen atoms in total. The van der Waals surface area contributed by atoms with Gasteiger partial charge in [0.25, 0.3) is 5.91 Å². The molecule has 31 heavy (non-hydrogen) atoms. The maximum Gasteiger partial charge on any atom is 0.337 e. The van der Waals surface area contributed by atoms with E-state index in [1.54, 1.807) is 31.2 Å². The maximum absolute atomic E-state index is 12.9. The first kappa shape index (κ1) is 20.5. The lowest BCUT2D eigenvalue weighted by Gasteiger charge is -2.22. The molecule has 2 aromatic rings. The molecule has 2 N–H and O–H groups in total. The summed E-state index contributed by atoms with van der Waals surface area (Å²) in [5.41, 5.74) is 1.72. The number of hydrogen-bond donors (Lipinski definition) is 2. The molecule has 0 aromatic heterocycles. The van der Waals surface area contributed by atoms with Gasteiger partial charge in [-0.3, -0.25) is 19.3 Å². The molecule has 0 spiro atoms. The van der Waals surface area contributed by atoms with Gasteiger partial charge in [-0.05, 0) is 61.2 Å². The van der Waals surface area contributed by atoms with E-state index in [0.29, 0.717) is 12.1 Å². The van der Waals surface area contributed by atoms with E-state index in [1.165, 1.54) is 23.1 Å². The van der Waals surface area contributed by atoms with Crippen LogP contribution in [0.25, 0.3) is 0 Å².